The third kappa shape index (κ3) is 7.19. The van der Waals surface area contributed by atoms with Crippen LogP contribution in [0.4, 0.5) is 13.2 Å². The lowest BCUT2D eigenvalue weighted by Crippen LogP contribution is -2.18. The molecule has 0 atom stereocenters. The highest BCUT2D eigenvalue weighted by atomic mass is 19.2. The number of halogens is 3. The summed E-state index contributed by atoms with van der Waals surface area (Å²) in [5.74, 6) is 1.56. The van der Waals surface area contributed by atoms with Crippen molar-refractivity contribution in [1.82, 2.24) is 0 Å². The third-order valence-electron chi connectivity index (χ3n) is 7.53. The van der Waals surface area contributed by atoms with Gasteiger partial charge in [-0.05, 0) is 79.9 Å². The van der Waals surface area contributed by atoms with E-state index in [1.54, 1.807) is 12.1 Å². The second-order valence-electron chi connectivity index (χ2n) is 9.50. The zero-order valence-electron chi connectivity index (χ0n) is 17.7. The first-order chi connectivity index (χ1) is 14.2. The van der Waals surface area contributed by atoms with E-state index in [1.807, 2.05) is 0 Å². The lowest BCUT2D eigenvalue weighted by Gasteiger charge is -2.32. The van der Waals surface area contributed by atoms with Gasteiger partial charge in [-0.1, -0.05) is 63.5 Å². The van der Waals surface area contributed by atoms with Crippen LogP contribution in [0.1, 0.15) is 101 Å². The summed E-state index contributed by atoms with van der Waals surface area (Å²) in [6.45, 7) is 0. The van der Waals surface area contributed by atoms with Crippen LogP contribution in [0.15, 0.2) is 30.6 Å². The van der Waals surface area contributed by atoms with E-state index < -0.39 is 11.6 Å². The topological polar surface area (TPSA) is 0 Å². The molecule has 0 aromatic heterocycles. The Labute approximate surface area is 175 Å². The highest BCUT2D eigenvalue weighted by Crippen LogP contribution is 2.40. The van der Waals surface area contributed by atoms with Crippen molar-refractivity contribution in [1.29, 1.82) is 0 Å². The molecule has 0 bridgehead atoms. The Hall–Kier alpha value is -1.25. The molecule has 2 fully saturated rings. The van der Waals surface area contributed by atoms with Crippen molar-refractivity contribution in [3.8, 4) is 0 Å². The van der Waals surface area contributed by atoms with E-state index >= 15 is 0 Å². The van der Waals surface area contributed by atoms with Crippen LogP contribution in [0.25, 0.3) is 0 Å². The Bertz CT molecular complexity index is 623. The van der Waals surface area contributed by atoms with Gasteiger partial charge in [0, 0.05) is 0 Å². The van der Waals surface area contributed by atoms with Crippen LogP contribution < -0.4 is 0 Å². The lowest BCUT2D eigenvalue weighted by atomic mass is 9.74. The van der Waals surface area contributed by atoms with Gasteiger partial charge in [0.05, 0.1) is 6.33 Å². The van der Waals surface area contributed by atoms with Gasteiger partial charge in [0.15, 0.2) is 11.6 Å². The van der Waals surface area contributed by atoms with Gasteiger partial charge in [-0.3, -0.25) is 0 Å². The molecule has 3 rings (SSSR count). The Morgan fingerprint density at radius 1 is 0.724 bits per heavy atom. The van der Waals surface area contributed by atoms with E-state index in [0.29, 0.717) is 12.2 Å². The fourth-order valence-electron chi connectivity index (χ4n) is 5.59. The predicted molar refractivity (Wildman–Crippen MR) is 114 cm³/mol. The van der Waals surface area contributed by atoms with E-state index in [9.17, 15) is 13.2 Å². The maximum Gasteiger partial charge on any atom is 0.159 e. The molecule has 2 aliphatic rings. The zero-order chi connectivity index (χ0) is 20.5. The number of hydrogen-bond acceptors (Lipinski definition) is 0. The molecule has 0 radical (unpaired) electrons. The molecule has 0 amide bonds. The first-order valence-electron chi connectivity index (χ1n) is 11.9. The minimum absolute atomic E-state index is 0.400. The molecule has 3 heteroatoms. The van der Waals surface area contributed by atoms with Crippen LogP contribution in [0.5, 0.6) is 0 Å². The van der Waals surface area contributed by atoms with Crippen molar-refractivity contribution < 1.29 is 13.2 Å². The minimum Gasteiger partial charge on any atom is -0.216 e. The second-order valence-corrected chi connectivity index (χ2v) is 9.50. The Balaban J connectivity index is 1.29. The van der Waals surface area contributed by atoms with Gasteiger partial charge < -0.3 is 0 Å². The van der Waals surface area contributed by atoms with E-state index in [0.717, 1.165) is 49.0 Å². The average molecular weight is 407 g/mol. The van der Waals surface area contributed by atoms with Crippen LogP contribution >= 0.6 is 0 Å². The second kappa shape index (κ2) is 11.8. The average Bonchev–Trinajstić information content (AvgIpc) is 2.75. The Morgan fingerprint density at radius 2 is 1.31 bits per heavy atom. The Morgan fingerprint density at radius 3 is 1.90 bits per heavy atom. The highest BCUT2D eigenvalue weighted by molar-refractivity contribution is 5.22. The SMILES string of the molecule is FC=CCCCC[C@H]1CC[C@H](CC[C@H]2CC[C@H](c3ccc(F)c(F)c3)CC2)CC1. The monoisotopic (exact) mass is 406 g/mol. The van der Waals surface area contributed by atoms with Gasteiger partial charge in [-0.2, -0.15) is 0 Å². The van der Waals surface area contributed by atoms with Gasteiger partial charge in [0.2, 0.25) is 0 Å². The number of unbranched alkanes of at least 4 members (excludes halogenated alkanes) is 2. The smallest absolute Gasteiger partial charge is 0.159 e. The molecule has 29 heavy (non-hydrogen) atoms. The van der Waals surface area contributed by atoms with Crippen LogP contribution in [-0.4, -0.2) is 0 Å². The molecule has 162 valence electrons. The molecule has 0 nitrogen and oxygen atoms in total. The van der Waals surface area contributed by atoms with Crippen molar-refractivity contribution >= 4 is 0 Å². The van der Waals surface area contributed by atoms with Gasteiger partial charge in [0.25, 0.3) is 0 Å². The highest BCUT2D eigenvalue weighted by Gasteiger charge is 2.25. The van der Waals surface area contributed by atoms with Crippen LogP contribution in [0.3, 0.4) is 0 Å². The molecular weight excluding hydrogens is 369 g/mol. The standard InChI is InChI=1S/C26H37F3/c27-18-4-2-1-3-5-20-6-8-21(9-7-20)10-11-22-12-14-23(15-13-22)24-16-17-25(28)26(29)19-24/h4,16-23H,1-3,5-15H2/t20-,21-,22-,23-. The molecule has 0 N–H and O–H groups in total. The van der Waals surface area contributed by atoms with Crippen molar-refractivity contribution in [3.05, 3.63) is 47.8 Å². The lowest BCUT2D eigenvalue weighted by molar-refractivity contribution is 0.222. The first-order valence-corrected chi connectivity index (χ1v) is 11.9. The van der Waals surface area contributed by atoms with Gasteiger partial charge in [-0.25, -0.2) is 13.2 Å². The number of rotatable bonds is 9. The summed E-state index contributed by atoms with van der Waals surface area (Å²) in [6, 6.07) is 4.43. The molecule has 0 spiro atoms. The molecule has 0 unspecified atom stereocenters. The fourth-order valence-corrected chi connectivity index (χ4v) is 5.59. The van der Waals surface area contributed by atoms with E-state index in [4.69, 9.17) is 0 Å². The summed E-state index contributed by atoms with van der Waals surface area (Å²) in [5, 5.41) is 0. The molecule has 1 aromatic rings. The molecule has 0 heterocycles. The summed E-state index contributed by atoms with van der Waals surface area (Å²) in [5.41, 5.74) is 0.974. The molecular formula is C26H37F3. The quantitative estimate of drug-likeness (QED) is 0.359. The summed E-state index contributed by atoms with van der Waals surface area (Å²) >= 11 is 0. The summed E-state index contributed by atoms with van der Waals surface area (Å²) in [7, 11) is 0. The predicted octanol–water partition coefficient (Wildman–Crippen LogP) is 8.87. The Kier molecular flexibility index (Phi) is 9.14. The van der Waals surface area contributed by atoms with Gasteiger partial charge >= 0.3 is 0 Å². The third-order valence-corrected chi connectivity index (χ3v) is 7.53. The van der Waals surface area contributed by atoms with Crippen molar-refractivity contribution in [2.24, 2.45) is 17.8 Å². The maximum absolute atomic E-state index is 13.5. The maximum atomic E-state index is 13.5. The first kappa shape index (κ1) is 22.4. The zero-order valence-corrected chi connectivity index (χ0v) is 17.7. The van der Waals surface area contributed by atoms with Crippen LogP contribution in [-0.2, 0) is 0 Å². The van der Waals surface area contributed by atoms with E-state index in [-0.39, 0.29) is 0 Å². The summed E-state index contributed by atoms with van der Waals surface area (Å²) < 4.78 is 38.6. The number of hydrogen-bond donors (Lipinski definition) is 0. The van der Waals surface area contributed by atoms with Gasteiger partial charge in [-0.15, -0.1) is 0 Å². The normalized spacial score (nSPS) is 28.1. The number of allylic oxidation sites excluding steroid dienone is 1. The molecule has 0 saturated heterocycles. The van der Waals surface area contributed by atoms with Gasteiger partial charge in [0.1, 0.15) is 0 Å². The van der Waals surface area contributed by atoms with Crippen molar-refractivity contribution in [2.45, 2.75) is 95.8 Å². The van der Waals surface area contributed by atoms with Crippen LogP contribution in [0, 0.1) is 29.4 Å². The molecule has 2 saturated carbocycles. The summed E-state index contributed by atoms with van der Waals surface area (Å²) in [4.78, 5) is 0. The summed E-state index contributed by atoms with van der Waals surface area (Å²) in [6.07, 6.45) is 19.8. The van der Waals surface area contributed by atoms with E-state index in [2.05, 4.69) is 0 Å². The molecule has 0 aliphatic heterocycles. The molecule has 1 aromatic carbocycles. The molecule has 2 aliphatic carbocycles. The van der Waals surface area contributed by atoms with Crippen molar-refractivity contribution in [3.63, 3.8) is 0 Å². The van der Waals surface area contributed by atoms with E-state index in [1.165, 1.54) is 76.3 Å². The fraction of sp³-hybridized carbons (Fsp3) is 0.692. The number of benzene rings is 1. The van der Waals surface area contributed by atoms with Crippen LogP contribution in [0.2, 0.25) is 0 Å². The minimum atomic E-state index is -0.744. The largest absolute Gasteiger partial charge is 0.216 e. The van der Waals surface area contributed by atoms with Crippen molar-refractivity contribution in [2.75, 3.05) is 0 Å².